The Labute approximate surface area is 145 Å². The van der Waals surface area contributed by atoms with Gasteiger partial charge in [0.05, 0.1) is 13.7 Å². The van der Waals surface area contributed by atoms with E-state index >= 15 is 0 Å². The van der Waals surface area contributed by atoms with Gasteiger partial charge in [-0.2, -0.15) is 0 Å². The summed E-state index contributed by atoms with van der Waals surface area (Å²) in [6.07, 6.45) is 4.86. The number of ether oxygens (including phenoxy) is 1. The van der Waals surface area contributed by atoms with Gasteiger partial charge in [-0.1, -0.05) is 18.9 Å². The van der Waals surface area contributed by atoms with Crippen molar-refractivity contribution in [3.05, 3.63) is 24.3 Å². The predicted octanol–water partition coefficient (Wildman–Crippen LogP) is 2.22. The van der Waals surface area contributed by atoms with E-state index in [1.807, 2.05) is 12.1 Å². The number of hydrogen-bond donors (Lipinski definition) is 0. The minimum atomic E-state index is 0.312. The van der Waals surface area contributed by atoms with Gasteiger partial charge in [-0.25, -0.2) is 0 Å². The standard InChI is InChI=1S/C19H29N3O2/c1-24-18-8-6-7-17(15-18)21-13-11-20(12-14-21)16-19(23)22-9-4-2-3-5-10-22/h6-8,15H,2-5,9-14,16H2,1H3. The van der Waals surface area contributed by atoms with Crippen LogP contribution in [0.25, 0.3) is 0 Å². The molecule has 1 amide bonds. The monoisotopic (exact) mass is 331 g/mol. The highest BCUT2D eigenvalue weighted by Crippen LogP contribution is 2.22. The number of methoxy groups -OCH3 is 1. The molecule has 5 nitrogen and oxygen atoms in total. The summed E-state index contributed by atoms with van der Waals surface area (Å²) in [4.78, 5) is 19.2. The van der Waals surface area contributed by atoms with Crippen molar-refractivity contribution in [3.63, 3.8) is 0 Å². The van der Waals surface area contributed by atoms with Gasteiger partial charge < -0.3 is 14.5 Å². The molecule has 2 fully saturated rings. The highest BCUT2D eigenvalue weighted by atomic mass is 16.5. The average Bonchev–Trinajstić information content (AvgIpc) is 2.92. The maximum atomic E-state index is 12.5. The molecule has 2 aliphatic heterocycles. The van der Waals surface area contributed by atoms with Gasteiger partial charge in [-0.15, -0.1) is 0 Å². The number of rotatable bonds is 4. The predicted molar refractivity (Wildman–Crippen MR) is 96.7 cm³/mol. The van der Waals surface area contributed by atoms with Gasteiger partial charge in [0.1, 0.15) is 5.75 Å². The Bertz CT molecular complexity index is 533. The Kier molecular flexibility index (Phi) is 5.96. The van der Waals surface area contributed by atoms with E-state index in [9.17, 15) is 4.79 Å². The molecular formula is C19H29N3O2. The van der Waals surface area contributed by atoms with Gasteiger partial charge >= 0.3 is 0 Å². The van der Waals surface area contributed by atoms with Gasteiger partial charge in [0.2, 0.25) is 5.91 Å². The molecule has 0 aliphatic carbocycles. The zero-order valence-electron chi connectivity index (χ0n) is 14.7. The van der Waals surface area contributed by atoms with Gasteiger partial charge in [0.15, 0.2) is 0 Å². The first-order chi connectivity index (χ1) is 11.8. The van der Waals surface area contributed by atoms with Crippen molar-refractivity contribution in [2.75, 3.05) is 57.8 Å². The van der Waals surface area contributed by atoms with Crippen LogP contribution >= 0.6 is 0 Å². The van der Waals surface area contributed by atoms with Crippen molar-refractivity contribution < 1.29 is 9.53 Å². The van der Waals surface area contributed by atoms with Crippen LogP contribution in [0.1, 0.15) is 25.7 Å². The van der Waals surface area contributed by atoms with Crippen LogP contribution in [0.15, 0.2) is 24.3 Å². The Morgan fingerprint density at radius 3 is 2.38 bits per heavy atom. The summed E-state index contributed by atoms with van der Waals surface area (Å²) >= 11 is 0. The van der Waals surface area contributed by atoms with E-state index in [2.05, 4.69) is 26.8 Å². The Hall–Kier alpha value is -1.75. The van der Waals surface area contributed by atoms with E-state index in [-0.39, 0.29) is 0 Å². The lowest BCUT2D eigenvalue weighted by Gasteiger charge is -2.36. The smallest absolute Gasteiger partial charge is 0.236 e. The van der Waals surface area contributed by atoms with Crippen LogP contribution in [0.5, 0.6) is 5.75 Å². The minimum Gasteiger partial charge on any atom is -0.497 e. The fourth-order valence-corrected chi connectivity index (χ4v) is 3.58. The van der Waals surface area contributed by atoms with E-state index in [1.165, 1.54) is 18.5 Å². The lowest BCUT2D eigenvalue weighted by Crippen LogP contribution is -2.50. The summed E-state index contributed by atoms with van der Waals surface area (Å²) < 4.78 is 5.31. The van der Waals surface area contributed by atoms with Crippen molar-refractivity contribution in [2.45, 2.75) is 25.7 Å². The molecule has 1 aromatic rings. The molecule has 2 heterocycles. The van der Waals surface area contributed by atoms with Crippen LogP contribution in [0.4, 0.5) is 5.69 Å². The van der Waals surface area contributed by atoms with Crippen molar-refractivity contribution in [1.82, 2.24) is 9.80 Å². The number of anilines is 1. The summed E-state index contributed by atoms with van der Waals surface area (Å²) in [6.45, 7) is 6.27. The lowest BCUT2D eigenvalue weighted by atomic mass is 10.2. The van der Waals surface area contributed by atoms with Gasteiger partial charge in [0, 0.05) is 51.0 Å². The number of carbonyl (C=O) groups is 1. The highest BCUT2D eigenvalue weighted by Gasteiger charge is 2.22. The first kappa shape index (κ1) is 17.1. The van der Waals surface area contributed by atoms with Crippen LogP contribution in [0.3, 0.4) is 0 Å². The van der Waals surface area contributed by atoms with Gasteiger partial charge in [-0.3, -0.25) is 9.69 Å². The SMILES string of the molecule is COc1cccc(N2CCN(CC(=O)N3CCCCCC3)CC2)c1. The number of piperazine rings is 1. The topological polar surface area (TPSA) is 36.0 Å². The molecule has 3 rings (SSSR count). The normalized spacial score (nSPS) is 19.9. The first-order valence-electron chi connectivity index (χ1n) is 9.15. The third-order valence-electron chi connectivity index (χ3n) is 5.11. The number of hydrogen-bond acceptors (Lipinski definition) is 4. The number of nitrogens with zero attached hydrogens (tertiary/aromatic N) is 3. The number of benzene rings is 1. The second-order valence-corrected chi connectivity index (χ2v) is 6.76. The van der Waals surface area contributed by atoms with E-state index in [1.54, 1.807) is 7.11 Å². The average molecular weight is 331 g/mol. The molecule has 2 saturated heterocycles. The molecule has 0 spiro atoms. The summed E-state index contributed by atoms with van der Waals surface area (Å²) in [7, 11) is 1.70. The van der Waals surface area contributed by atoms with Crippen LogP contribution in [-0.2, 0) is 4.79 Å². The van der Waals surface area contributed by atoms with Crippen LogP contribution in [0.2, 0.25) is 0 Å². The molecule has 0 N–H and O–H groups in total. The maximum Gasteiger partial charge on any atom is 0.236 e. The Balaban J connectivity index is 1.48. The zero-order chi connectivity index (χ0) is 16.8. The molecule has 0 saturated carbocycles. The van der Waals surface area contributed by atoms with E-state index in [4.69, 9.17) is 4.74 Å². The summed E-state index contributed by atoms with van der Waals surface area (Å²) in [5, 5.41) is 0. The van der Waals surface area contributed by atoms with Crippen LogP contribution in [0, 0.1) is 0 Å². The molecular weight excluding hydrogens is 302 g/mol. The van der Waals surface area contributed by atoms with Gasteiger partial charge in [-0.05, 0) is 25.0 Å². The molecule has 1 aromatic carbocycles. The largest absolute Gasteiger partial charge is 0.497 e. The van der Waals surface area contributed by atoms with Crippen molar-refractivity contribution in [3.8, 4) is 5.75 Å². The van der Waals surface area contributed by atoms with Crippen LogP contribution in [-0.4, -0.2) is 68.6 Å². The molecule has 132 valence electrons. The number of carbonyl (C=O) groups excluding carboxylic acids is 1. The highest BCUT2D eigenvalue weighted by molar-refractivity contribution is 5.78. The molecule has 0 unspecified atom stereocenters. The molecule has 0 atom stereocenters. The second kappa shape index (κ2) is 8.38. The van der Waals surface area contributed by atoms with Crippen LogP contribution < -0.4 is 9.64 Å². The third-order valence-corrected chi connectivity index (χ3v) is 5.11. The summed E-state index contributed by atoms with van der Waals surface area (Å²) in [5.41, 5.74) is 1.20. The summed E-state index contributed by atoms with van der Waals surface area (Å²) in [5.74, 6) is 1.21. The van der Waals surface area contributed by atoms with Crippen molar-refractivity contribution >= 4 is 11.6 Å². The Morgan fingerprint density at radius 2 is 1.71 bits per heavy atom. The number of likely N-dealkylation sites (tertiary alicyclic amines) is 1. The summed E-state index contributed by atoms with van der Waals surface area (Å²) in [6, 6.07) is 8.21. The molecule has 0 radical (unpaired) electrons. The molecule has 0 aromatic heterocycles. The lowest BCUT2D eigenvalue weighted by molar-refractivity contribution is -0.132. The third kappa shape index (κ3) is 4.41. The first-order valence-corrected chi connectivity index (χ1v) is 9.15. The quantitative estimate of drug-likeness (QED) is 0.848. The van der Waals surface area contributed by atoms with Crippen molar-refractivity contribution in [1.29, 1.82) is 0 Å². The molecule has 24 heavy (non-hydrogen) atoms. The number of amides is 1. The fourth-order valence-electron chi connectivity index (χ4n) is 3.58. The second-order valence-electron chi connectivity index (χ2n) is 6.76. The van der Waals surface area contributed by atoms with E-state index in [0.717, 1.165) is 57.9 Å². The molecule has 0 bridgehead atoms. The zero-order valence-corrected chi connectivity index (χ0v) is 14.7. The molecule has 5 heteroatoms. The Morgan fingerprint density at radius 1 is 1.00 bits per heavy atom. The minimum absolute atomic E-state index is 0.312. The maximum absolute atomic E-state index is 12.5. The van der Waals surface area contributed by atoms with E-state index < -0.39 is 0 Å². The van der Waals surface area contributed by atoms with E-state index in [0.29, 0.717) is 12.5 Å². The fraction of sp³-hybridized carbons (Fsp3) is 0.632. The molecule has 2 aliphatic rings. The van der Waals surface area contributed by atoms with Crippen molar-refractivity contribution in [2.24, 2.45) is 0 Å². The van der Waals surface area contributed by atoms with Gasteiger partial charge in [0.25, 0.3) is 0 Å².